The molecule has 2 aromatic carbocycles. The quantitative estimate of drug-likeness (QED) is 0.447. The third kappa shape index (κ3) is 4.19. The van der Waals surface area contributed by atoms with Gasteiger partial charge in [0.05, 0.1) is 24.4 Å². The average molecular weight is 439 g/mol. The van der Waals surface area contributed by atoms with Crippen molar-refractivity contribution in [3.8, 4) is 22.7 Å². The molecule has 0 N–H and O–H groups in total. The number of carbonyl (C=O) groups is 1. The number of hydrogen-bond donors (Lipinski definition) is 0. The van der Waals surface area contributed by atoms with E-state index in [1.54, 1.807) is 7.11 Å². The van der Waals surface area contributed by atoms with Crippen molar-refractivity contribution in [3.05, 3.63) is 64.8 Å². The number of benzene rings is 2. The first-order valence-electron chi connectivity index (χ1n) is 10.8. The van der Waals surface area contributed by atoms with Crippen LogP contribution in [0, 0.1) is 5.92 Å². The number of para-hydroxylation sites is 2. The minimum absolute atomic E-state index is 0.0443. The molecule has 0 aliphatic heterocycles. The van der Waals surface area contributed by atoms with E-state index in [0.717, 1.165) is 46.8 Å². The van der Waals surface area contributed by atoms with Crippen LogP contribution in [-0.2, 0) is 22.4 Å². The zero-order chi connectivity index (χ0) is 22.0. The number of rotatable bonds is 7. The highest BCUT2D eigenvalue weighted by Gasteiger charge is 2.33. The van der Waals surface area contributed by atoms with E-state index in [1.165, 1.54) is 0 Å². The number of esters is 1. The van der Waals surface area contributed by atoms with Gasteiger partial charge in [-0.25, -0.2) is 4.68 Å². The van der Waals surface area contributed by atoms with E-state index in [9.17, 15) is 4.79 Å². The maximum absolute atomic E-state index is 12.5. The van der Waals surface area contributed by atoms with Gasteiger partial charge in [-0.15, -0.1) is 0 Å². The first-order valence-corrected chi connectivity index (χ1v) is 11.1. The molecule has 0 amide bonds. The van der Waals surface area contributed by atoms with Gasteiger partial charge in [-0.3, -0.25) is 4.79 Å². The lowest BCUT2D eigenvalue weighted by molar-refractivity contribution is -0.153. The molecule has 1 heterocycles. The summed E-state index contributed by atoms with van der Waals surface area (Å²) in [6.07, 6.45) is 2.68. The fraction of sp³-hybridized carbons (Fsp3) is 0.360. The number of aromatic nitrogens is 2. The van der Waals surface area contributed by atoms with Gasteiger partial charge in [-0.2, -0.15) is 5.10 Å². The number of nitrogens with zero attached hydrogens (tertiary/aromatic N) is 2. The molecular weight excluding hydrogens is 412 g/mol. The van der Waals surface area contributed by atoms with Gasteiger partial charge < -0.3 is 9.47 Å². The van der Waals surface area contributed by atoms with Crippen LogP contribution in [0.2, 0.25) is 5.02 Å². The van der Waals surface area contributed by atoms with Crippen molar-refractivity contribution < 1.29 is 14.3 Å². The van der Waals surface area contributed by atoms with Crippen LogP contribution in [0.25, 0.3) is 16.9 Å². The molecule has 1 atom stereocenters. The van der Waals surface area contributed by atoms with Crippen LogP contribution in [-0.4, -0.2) is 29.0 Å². The summed E-state index contributed by atoms with van der Waals surface area (Å²) in [5.41, 5.74) is 4.93. The molecule has 6 heteroatoms. The molecule has 162 valence electrons. The summed E-state index contributed by atoms with van der Waals surface area (Å²) in [5, 5.41) is 5.60. The number of ether oxygens (including phenoxy) is 2. The molecule has 1 aliphatic carbocycles. The summed E-state index contributed by atoms with van der Waals surface area (Å²) in [5.74, 6) is 0.596. The lowest BCUT2D eigenvalue weighted by Crippen LogP contribution is -2.24. The van der Waals surface area contributed by atoms with E-state index in [0.29, 0.717) is 17.9 Å². The van der Waals surface area contributed by atoms with E-state index in [2.05, 4.69) is 0 Å². The van der Waals surface area contributed by atoms with Crippen LogP contribution in [0.5, 0.6) is 5.75 Å². The SMILES string of the molecule is CCC(CC)C(=O)O[C@H]1Cc2nn(-c3ccccc3OC)c(-c3ccc(Cl)cc3)c2C1. The summed E-state index contributed by atoms with van der Waals surface area (Å²) in [4.78, 5) is 12.5. The van der Waals surface area contributed by atoms with Crippen LogP contribution in [0.3, 0.4) is 0 Å². The summed E-state index contributed by atoms with van der Waals surface area (Å²) in [6.45, 7) is 4.05. The molecule has 0 saturated heterocycles. The summed E-state index contributed by atoms with van der Waals surface area (Å²) >= 11 is 6.13. The zero-order valence-corrected chi connectivity index (χ0v) is 18.9. The Hall–Kier alpha value is -2.79. The third-order valence-electron chi connectivity index (χ3n) is 5.95. The number of hydrogen-bond acceptors (Lipinski definition) is 4. The molecule has 0 bridgehead atoms. The standard InChI is InChI=1S/C25H27ClN2O3/c1-4-16(5-2)25(29)31-19-14-20-21(15-19)27-28(22-8-6-7-9-23(22)30-3)24(20)17-10-12-18(26)13-11-17/h6-13,16,19H,4-5,14-15H2,1-3H3/t19-/m1/s1. The molecule has 1 aromatic heterocycles. The predicted molar refractivity (Wildman–Crippen MR) is 122 cm³/mol. The Morgan fingerprint density at radius 3 is 2.52 bits per heavy atom. The van der Waals surface area contributed by atoms with E-state index >= 15 is 0 Å². The van der Waals surface area contributed by atoms with E-state index < -0.39 is 0 Å². The normalized spacial score (nSPS) is 15.2. The molecule has 0 saturated carbocycles. The summed E-state index contributed by atoms with van der Waals surface area (Å²) < 4.78 is 13.4. The molecule has 1 aliphatic rings. The Labute approximate surface area is 187 Å². The second-order valence-corrected chi connectivity index (χ2v) is 8.28. The Balaban J connectivity index is 1.73. The van der Waals surface area contributed by atoms with Crippen molar-refractivity contribution >= 4 is 17.6 Å². The van der Waals surface area contributed by atoms with Crippen molar-refractivity contribution in [2.45, 2.75) is 45.6 Å². The highest BCUT2D eigenvalue weighted by atomic mass is 35.5. The van der Waals surface area contributed by atoms with Gasteiger partial charge in [-0.05, 0) is 37.1 Å². The largest absolute Gasteiger partial charge is 0.494 e. The van der Waals surface area contributed by atoms with E-state index in [1.807, 2.05) is 67.1 Å². The number of carbonyl (C=O) groups excluding carboxylic acids is 1. The first-order chi connectivity index (χ1) is 15.0. The van der Waals surface area contributed by atoms with Gasteiger partial charge in [-0.1, -0.05) is 49.7 Å². The Morgan fingerprint density at radius 2 is 1.84 bits per heavy atom. The predicted octanol–water partition coefficient (Wildman–Crippen LogP) is 5.65. The van der Waals surface area contributed by atoms with E-state index in [4.69, 9.17) is 26.2 Å². The molecule has 3 aromatic rings. The van der Waals surface area contributed by atoms with Gasteiger partial charge in [0, 0.05) is 29.0 Å². The van der Waals surface area contributed by atoms with Crippen molar-refractivity contribution in [2.24, 2.45) is 5.92 Å². The number of halogens is 1. The highest BCUT2D eigenvalue weighted by Crippen LogP contribution is 2.37. The van der Waals surface area contributed by atoms with Gasteiger partial charge >= 0.3 is 5.97 Å². The fourth-order valence-corrected chi connectivity index (χ4v) is 4.36. The van der Waals surface area contributed by atoms with Crippen LogP contribution in [0.1, 0.15) is 37.9 Å². The van der Waals surface area contributed by atoms with Crippen molar-refractivity contribution in [1.82, 2.24) is 9.78 Å². The lowest BCUT2D eigenvalue weighted by atomic mass is 10.0. The zero-order valence-electron chi connectivity index (χ0n) is 18.1. The maximum Gasteiger partial charge on any atom is 0.309 e. The Morgan fingerprint density at radius 1 is 1.13 bits per heavy atom. The Kier molecular flexibility index (Phi) is 6.33. The second-order valence-electron chi connectivity index (χ2n) is 7.84. The molecule has 0 fully saturated rings. The molecule has 0 unspecified atom stereocenters. The number of fused-ring (bicyclic) bond motifs is 1. The Bertz CT molecular complexity index is 1070. The highest BCUT2D eigenvalue weighted by molar-refractivity contribution is 6.30. The first kappa shape index (κ1) is 21.4. The third-order valence-corrected chi connectivity index (χ3v) is 6.20. The van der Waals surface area contributed by atoms with Crippen LogP contribution in [0.4, 0.5) is 0 Å². The van der Waals surface area contributed by atoms with Crippen molar-refractivity contribution in [1.29, 1.82) is 0 Å². The summed E-state index contributed by atoms with van der Waals surface area (Å²) in [6, 6.07) is 15.6. The molecule has 0 radical (unpaired) electrons. The molecule has 31 heavy (non-hydrogen) atoms. The van der Waals surface area contributed by atoms with E-state index in [-0.39, 0.29) is 18.0 Å². The average Bonchev–Trinajstić information content (AvgIpc) is 3.32. The smallest absolute Gasteiger partial charge is 0.309 e. The van der Waals surface area contributed by atoms with Crippen molar-refractivity contribution in [2.75, 3.05) is 7.11 Å². The minimum Gasteiger partial charge on any atom is -0.494 e. The van der Waals surface area contributed by atoms with Crippen molar-refractivity contribution in [3.63, 3.8) is 0 Å². The second kappa shape index (κ2) is 9.15. The van der Waals surface area contributed by atoms with Gasteiger partial charge in [0.2, 0.25) is 0 Å². The topological polar surface area (TPSA) is 53.3 Å². The molecule has 4 rings (SSSR count). The van der Waals surface area contributed by atoms with Crippen LogP contribution < -0.4 is 4.74 Å². The molecular formula is C25H27ClN2O3. The lowest BCUT2D eigenvalue weighted by Gasteiger charge is -2.18. The monoisotopic (exact) mass is 438 g/mol. The van der Waals surface area contributed by atoms with Gasteiger partial charge in [0.1, 0.15) is 17.5 Å². The fourth-order valence-electron chi connectivity index (χ4n) is 4.24. The van der Waals surface area contributed by atoms with Crippen LogP contribution >= 0.6 is 11.6 Å². The van der Waals surface area contributed by atoms with Gasteiger partial charge in [0.15, 0.2) is 0 Å². The number of methoxy groups -OCH3 is 1. The maximum atomic E-state index is 12.5. The van der Waals surface area contributed by atoms with Crippen LogP contribution in [0.15, 0.2) is 48.5 Å². The van der Waals surface area contributed by atoms with Gasteiger partial charge in [0.25, 0.3) is 0 Å². The molecule has 5 nitrogen and oxygen atoms in total. The minimum atomic E-state index is -0.177. The molecule has 0 spiro atoms. The summed E-state index contributed by atoms with van der Waals surface area (Å²) in [7, 11) is 1.66.